The summed E-state index contributed by atoms with van der Waals surface area (Å²) in [7, 11) is 1.62. The van der Waals surface area contributed by atoms with Gasteiger partial charge in [0, 0.05) is 26.7 Å². The van der Waals surface area contributed by atoms with E-state index in [-0.39, 0.29) is 12.5 Å². The molecule has 122 valence electrons. The molecule has 1 atom stereocenters. The van der Waals surface area contributed by atoms with Crippen molar-refractivity contribution in [2.75, 3.05) is 26.7 Å². The van der Waals surface area contributed by atoms with Crippen LogP contribution in [0.3, 0.4) is 0 Å². The summed E-state index contributed by atoms with van der Waals surface area (Å²) in [6, 6.07) is 10.1. The second-order valence-corrected chi connectivity index (χ2v) is 6.89. The van der Waals surface area contributed by atoms with Crippen molar-refractivity contribution in [1.29, 1.82) is 0 Å². The molecule has 0 bridgehead atoms. The quantitative estimate of drug-likeness (QED) is 0.847. The molecule has 1 aliphatic rings. The van der Waals surface area contributed by atoms with Crippen LogP contribution >= 0.6 is 0 Å². The summed E-state index contributed by atoms with van der Waals surface area (Å²) in [6.45, 7) is 5.30. The Kier molecular flexibility index (Phi) is 4.90. The highest BCUT2D eigenvalue weighted by molar-refractivity contribution is 5.83. The van der Waals surface area contributed by atoms with Crippen LogP contribution in [0.2, 0.25) is 0 Å². The highest BCUT2D eigenvalue weighted by Crippen LogP contribution is 2.24. The molecule has 1 fully saturated rings. The average Bonchev–Trinajstić information content (AvgIpc) is 2.79. The lowest BCUT2D eigenvalue weighted by Gasteiger charge is -2.32. The first kappa shape index (κ1) is 16.9. The van der Waals surface area contributed by atoms with E-state index in [1.807, 2.05) is 18.2 Å². The first-order chi connectivity index (χ1) is 10.2. The number of aliphatic hydroxyl groups is 2. The van der Waals surface area contributed by atoms with Gasteiger partial charge in [-0.1, -0.05) is 30.3 Å². The van der Waals surface area contributed by atoms with Gasteiger partial charge in [0.25, 0.3) is 5.91 Å². The summed E-state index contributed by atoms with van der Waals surface area (Å²) in [5, 5.41) is 20.5. The second kappa shape index (κ2) is 6.36. The number of β-amino-alcohol motifs (C(OH)–C–C–N with tert-alkyl or cyclic N) is 1. The van der Waals surface area contributed by atoms with Crippen LogP contribution in [0.4, 0.5) is 0 Å². The number of nitrogens with zero attached hydrogens (tertiary/aromatic N) is 2. The fourth-order valence-electron chi connectivity index (χ4n) is 3.03. The van der Waals surface area contributed by atoms with Gasteiger partial charge in [0.05, 0.1) is 12.1 Å². The number of carbonyl (C=O) groups excluding carboxylic acids is 1. The highest BCUT2D eigenvalue weighted by Gasteiger charge is 2.39. The Morgan fingerprint density at radius 2 is 2.00 bits per heavy atom. The molecule has 1 saturated heterocycles. The summed E-state index contributed by atoms with van der Waals surface area (Å²) in [5.74, 6) is -0.373. The molecule has 22 heavy (non-hydrogen) atoms. The van der Waals surface area contributed by atoms with E-state index in [0.29, 0.717) is 13.0 Å². The van der Waals surface area contributed by atoms with Crippen LogP contribution in [0.15, 0.2) is 30.3 Å². The van der Waals surface area contributed by atoms with Crippen molar-refractivity contribution >= 4 is 5.91 Å². The molecule has 2 N–H and O–H groups in total. The summed E-state index contributed by atoms with van der Waals surface area (Å²) in [6.07, 6.45) is 0.628. The summed E-state index contributed by atoms with van der Waals surface area (Å²) in [5.41, 5.74) is -1.11. The minimum atomic E-state index is -1.41. The molecular formula is C17H26N2O3. The van der Waals surface area contributed by atoms with Crippen LogP contribution in [-0.4, -0.2) is 63.8 Å². The number of hydrogen-bond donors (Lipinski definition) is 2. The zero-order valence-corrected chi connectivity index (χ0v) is 13.6. The molecule has 2 rings (SSSR count). The zero-order valence-electron chi connectivity index (χ0n) is 13.6. The van der Waals surface area contributed by atoms with E-state index < -0.39 is 11.2 Å². The van der Waals surface area contributed by atoms with Crippen molar-refractivity contribution in [3.8, 4) is 0 Å². The lowest BCUT2D eigenvalue weighted by molar-refractivity contribution is -0.149. The van der Waals surface area contributed by atoms with Crippen molar-refractivity contribution in [2.24, 2.45) is 0 Å². The highest BCUT2D eigenvalue weighted by atomic mass is 16.3. The molecule has 0 unspecified atom stereocenters. The van der Waals surface area contributed by atoms with Crippen LogP contribution in [-0.2, 0) is 11.3 Å². The Bertz CT molecular complexity index is 512. The molecule has 0 saturated carbocycles. The van der Waals surface area contributed by atoms with Crippen LogP contribution < -0.4 is 0 Å². The van der Waals surface area contributed by atoms with Gasteiger partial charge in [0.1, 0.15) is 5.60 Å². The van der Waals surface area contributed by atoms with Crippen molar-refractivity contribution < 1.29 is 15.0 Å². The number of amides is 1. The standard InChI is InChI=1S/C17H26N2O3/c1-16(2,21)15(20)18(3)12-17(22)9-10-19(13-17)11-14-7-5-4-6-8-14/h4-8,21-22H,9-13H2,1-3H3/t17-/m1/s1. The number of hydrogen-bond acceptors (Lipinski definition) is 4. The molecule has 5 nitrogen and oxygen atoms in total. The third kappa shape index (κ3) is 4.29. The predicted octanol–water partition coefficient (Wildman–Crippen LogP) is 0.853. The molecule has 1 aliphatic heterocycles. The smallest absolute Gasteiger partial charge is 0.253 e. The first-order valence-corrected chi connectivity index (χ1v) is 7.66. The van der Waals surface area contributed by atoms with Gasteiger partial charge in [0.2, 0.25) is 0 Å². The lowest BCUT2D eigenvalue weighted by Crippen LogP contribution is -2.51. The van der Waals surface area contributed by atoms with E-state index in [0.717, 1.165) is 13.1 Å². The number of likely N-dealkylation sites (tertiary alicyclic amines) is 1. The Morgan fingerprint density at radius 3 is 2.59 bits per heavy atom. The summed E-state index contributed by atoms with van der Waals surface area (Å²) < 4.78 is 0. The number of carbonyl (C=O) groups is 1. The van der Waals surface area contributed by atoms with E-state index in [1.165, 1.54) is 24.3 Å². The zero-order chi connectivity index (χ0) is 16.4. The molecule has 5 heteroatoms. The minimum absolute atomic E-state index is 0.237. The van der Waals surface area contributed by atoms with Crippen LogP contribution in [0.25, 0.3) is 0 Å². The fourth-order valence-corrected chi connectivity index (χ4v) is 3.03. The van der Waals surface area contributed by atoms with E-state index in [1.54, 1.807) is 7.05 Å². The molecule has 0 radical (unpaired) electrons. The molecule has 0 aromatic heterocycles. The van der Waals surface area contributed by atoms with Gasteiger partial charge in [-0.3, -0.25) is 9.69 Å². The molecule has 1 aromatic rings. The summed E-state index contributed by atoms with van der Waals surface area (Å²) >= 11 is 0. The maximum atomic E-state index is 12.0. The lowest BCUT2D eigenvalue weighted by atomic mass is 10.0. The Balaban J connectivity index is 1.92. The third-order valence-corrected chi connectivity index (χ3v) is 4.06. The van der Waals surface area contributed by atoms with Gasteiger partial charge in [-0.05, 0) is 25.8 Å². The normalized spacial score (nSPS) is 22.8. The predicted molar refractivity (Wildman–Crippen MR) is 85.2 cm³/mol. The number of likely N-dealkylation sites (N-methyl/N-ethyl adjacent to an activating group) is 1. The maximum Gasteiger partial charge on any atom is 0.253 e. The monoisotopic (exact) mass is 306 g/mol. The Hall–Kier alpha value is -1.43. The van der Waals surface area contributed by atoms with Crippen molar-refractivity contribution in [3.05, 3.63) is 35.9 Å². The SMILES string of the molecule is CN(C[C@]1(O)CCN(Cc2ccccc2)C1)C(=O)C(C)(C)O. The molecule has 0 aliphatic carbocycles. The van der Waals surface area contributed by atoms with E-state index in [4.69, 9.17) is 0 Å². The number of benzene rings is 1. The van der Waals surface area contributed by atoms with Gasteiger partial charge in [-0.15, -0.1) is 0 Å². The van der Waals surface area contributed by atoms with Crippen molar-refractivity contribution in [1.82, 2.24) is 9.80 Å². The van der Waals surface area contributed by atoms with Crippen LogP contribution in [0, 0.1) is 0 Å². The van der Waals surface area contributed by atoms with Gasteiger partial charge in [-0.2, -0.15) is 0 Å². The molecule has 0 spiro atoms. The minimum Gasteiger partial charge on any atom is -0.387 e. The maximum absolute atomic E-state index is 12.0. The Morgan fingerprint density at radius 1 is 1.36 bits per heavy atom. The van der Waals surface area contributed by atoms with Crippen molar-refractivity contribution in [3.63, 3.8) is 0 Å². The van der Waals surface area contributed by atoms with Crippen molar-refractivity contribution in [2.45, 2.75) is 38.0 Å². The topological polar surface area (TPSA) is 64.0 Å². The van der Waals surface area contributed by atoms with E-state index in [2.05, 4.69) is 17.0 Å². The third-order valence-electron chi connectivity index (χ3n) is 4.06. The van der Waals surface area contributed by atoms with Gasteiger partial charge < -0.3 is 15.1 Å². The fraction of sp³-hybridized carbons (Fsp3) is 0.588. The van der Waals surface area contributed by atoms with Gasteiger partial charge in [-0.25, -0.2) is 0 Å². The van der Waals surface area contributed by atoms with Gasteiger partial charge in [0.15, 0.2) is 0 Å². The molecule has 1 heterocycles. The second-order valence-electron chi connectivity index (χ2n) is 6.89. The molecule has 1 amide bonds. The first-order valence-electron chi connectivity index (χ1n) is 7.66. The molecular weight excluding hydrogens is 280 g/mol. The molecule has 1 aromatic carbocycles. The van der Waals surface area contributed by atoms with Gasteiger partial charge >= 0.3 is 0 Å². The largest absolute Gasteiger partial charge is 0.387 e. The summed E-state index contributed by atoms with van der Waals surface area (Å²) in [4.78, 5) is 15.6. The average molecular weight is 306 g/mol. The Labute approximate surface area is 132 Å². The van der Waals surface area contributed by atoms with E-state index >= 15 is 0 Å². The number of rotatable bonds is 5. The van der Waals surface area contributed by atoms with Crippen LogP contribution in [0.1, 0.15) is 25.8 Å². The van der Waals surface area contributed by atoms with E-state index in [9.17, 15) is 15.0 Å². The van der Waals surface area contributed by atoms with Crippen LogP contribution in [0.5, 0.6) is 0 Å².